The van der Waals surface area contributed by atoms with Crippen LogP contribution in [-0.4, -0.2) is 0 Å². The van der Waals surface area contributed by atoms with E-state index in [1.807, 2.05) is 0 Å². The molecule has 0 unspecified atom stereocenters. The fourth-order valence-electron chi connectivity index (χ4n) is 1.92. The van der Waals surface area contributed by atoms with E-state index in [2.05, 4.69) is 0 Å². The molecule has 2 aromatic carbocycles. The van der Waals surface area contributed by atoms with Gasteiger partial charge in [-0.25, -0.2) is 4.39 Å². The second-order valence-electron chi connectivity index (χ2n) is 4.24. The summed E-state index contributed by atoms with van der Waals surface area (Å²) in [5, 5.41) is 1.28. The molecule has 1 aromatic heterocycles. The lowest BCUT2D eigenvalue weighted by molar-refractivity contribution is 0.630. The number of hydrogen-bond donors (Lipinski definition) is 0. The lowest BCUT2D eigenvalue weighted by Gasteiger charge is -2.04. The van der Waals surface area contributed by atoms with Gasteiger partial charge in [0.1, 0.15) is 5.82 Å². The lowest BCUT2D eigenvalue weighted by atomic mass is 10.1. The van der Waals surface area contributed by atoms with Gasteiger partial charge < -0.3 is 0 Å². The molecule has 0 aliphatic rings. The number of halogens is 3. The normalized spacial score (nSPS) is 10.9. The van der Waals surface area contributed by atoms with Crippen LogP contribution in [0.25, 0.3) is 20.5 Å². The fraction of sp³-hybridized carbons (Fsp3) is 0. The third kappa shape index (κ3) is 2.44. The first-order chi connectivity index (χ1) is 9.54. The van der Waals surface area contributed by atoms with Crippen molar-refractivity contribution in [3.63, 3.8) is 0 Å². The number of rotatable bonds is 1. The third-order valence-corrected chi connectivity index (χ3v) is 4.78. The summed E-state index contributed by atoms with van der Waals surface area (Å²) in [5.41, 5.74) is 0.604. The third-order valence-electron chi connectivity index (χ3n) is 2.89. The standard InChI is InChI=1S/C15H7Cl2FOS/c16-11-3-1-8(5-12(11)17)15-7-13(19)10-6-9(18)2-4-14(10)20-15/h1-7H. The first kappa shape index (κ1) is 13.6. The molecule has 0 aliphatic carbocycles. The smallest absolute Gasteiger partial charge is 0.188 e. The predicted octanol–water partition coefficient (Wildman–Crippen LogP) is 5.37. The van der Waals surface area contributed by atoms with Gasteiger partial charge in [-0.15, -0.1) is 11.3 Å². The second-order valence-corrected chi connectivity index (χ2v) is 6.14. The van der Waals surface area contributed by atoms with E-state index in [1.165, 1.54) is 29.5 Å². The molecule has 3 rings (SSSR count). The topological polar surface area (TPSA) is 17.1 Å². The second kappa shape index (κ2) is 5.17. The van der Waals surface area contributed by atoms with Gasteiger partial charge in [0, 0.05) is 21.0 Å². The minimum Gasteiger partial charge on any atom is -0.289 e. The number of fused-ring (bicyclic) bond motifs is 1. The van der Waals surface area contributed by atoms with Crippen molar-refractivity contribution in [1.82, 2.24) is 0 Å². The van der Waals surface area contributed by atoms with Gasteiger partial charge in [0.2, 0.25) is 0 Å². The van der Waals surface area contributed by atoms with Crippen LogP contribution < -0.4 is 5.43 Å². The average molecular weight is 325 g/mol. The van der Waals surface area contributed by atoms with Crippen molar-refractivity contribution in [2.75, 3.05) is 0 Å². The summed E-state index contributed by atoms with van der Waals surface area (Å²) in [6.45, 7) is 0. The largest absolute Gasteiger partial charge is 0.289 e. The van der Waals surface area contributed by atoms with Crippen LogP contribution in [-0.2, 0) is 0 Å². The van der Waals surface area contributed by atoms with E-state index < -0.39 is 5.82 Å². The van der Waals surface area contributed by atoms with Gasteiger partial charge in [0.05, 0.1) is 10.0 Å². The average Bonchev–Trinajstić information content (AvgIpc) is 2.42. The van der Waals surface area contributed by atoms with Gasteiger partial charge >= 0.3 is 0 Å². The molecule has 0 spiro atoms. The maximum Gasteiger partial charge on any atom is 0.188 e. The van der Waals surface area contributed by atoms with Crippen LogP contribution in [0.1, 0.15) is 0 Å². The Bertz CT molecular complexity index is 873. The van der Waals surface area contributed by atoms with Crippen molar-refractivity contribution < 1.29 is 4.39 Å². The number of hydrogen-bond acceptors (Lipinski definition) is 2. The highest BCUT2D eigenvalue weighted by Crippen LogP contribution is 2.32. The molecule has 1 nitrogen and oxygen atoms in total. The lowest BCUT2D eigenvalue weighted by Crippen LogP contribution is -1.99. The van der Waals surface area contributed by atoms with Crippen LogP contribution in [0.15, 0.2) is 47.3 Å². The van der Waals surface area contributed by atoms with Crippen LogP contribution in [0.5, 0.6) is 0 Å². The highest BCUT2D eigenvalue weighted by atomic mass is 35.5. The van der Waals surface area contributed by atoms with Crippen LogP contribution in [0.4, 0.5) is 4.39 Å². The Labute approximate surface area is 128 Å². The Morgan fingerprint density at radius 2 is 1.75 bits per heavy atom. The minimum atomic E-state index is -0.413. The molecule has 0 N–H and O–H groups in total. The van der Waals surface area contributed by atoms with Crippen LogP contribution in [0, 0.1) is 5.82 Å². The van der Waals surface area contributed by atoms with E-state index in [-0.39, 0.29) is 5.43 Å². The van der Waals surface area contributed by atoms with Crippen LogP contribution >= 0.6 is 34.5 Å². The Morgan fingerprint density at radius 1 is 0.950 bits per heavy atom. The fourth-order valence-corrected chi connectivity index (χ4v) is 3.27. The molecule has 5 heteroatoms. The molecular formula is C15H7Cl2FOS. The molecule has 1 heterocycles. The van der Waals surface area contributed by atoms with Gasteiger partial charge in [-0.05, 0) is 35.9 Å². The van der Waals surface area contributed by atoms with Crippen molar-refractivity contribution >= 4 is 44.6 Å². The SMILES string of the molecule is O=c1cc(-c2ccc(Cl)c(Cl)c2)sc2ccc(F)cc12. The summed E-state index contributed by atoms with van der Waals surface area (Å²) in [4.78, 5) is 12.8. The molecule has 0 aliphatic heterocycles. The maximum absolute atomic E-state index is 13.2. The summed E-state index contributed by atoms with van der Waals surface area (Å²) in [6.07, 6.45) is 0. The quantitative estimate of drug-likeness (QED) is 0.587. The first-order valence-electron chi connectivity index (χ1n) is 5.73. The minimum absolute atomic E-state index is 0.209. The molecule has 0 saturated heterocycles. The highest BCUT2D eigenvalue weighted by Gasteiger charge is 2.08. The maximum atomic E-state index is 13.2. The summed E-state index contributed by atoms with van der Waals surface area (Å²) in [5.74, 6) is -0.413. The summed E-state index contributed by atoms with van der Waals surface area (Å²) < 4.78 is 13.9. The van der Waals surface area contributed by atoms with E-state index in [9.17, 15) is 9.18 Å². The van der Waals surface area contributed by atoms with Gasteiger partial charge in [-0.3, -0.25) is 4.79 Å². The molecule has 0 radical (unpaired) electrons. The van der Waals surface area contributed by atoms with E-state index in [0.29, 0.717) is 15.4 Å². The Hall–Kier alpha value is -1.42. The zero-order chi connectivity index (χ0) is 14.3. The Morgan fingerprint density at radius 3 is 2.50 bits per heavy atom. The van der Waals surface area contributed by atoms with E-state index in [1.54, 1.807) is 24.3 Å². The van der Waals surface area contributed by atoms with Crippen molar-refractivity contribution in [2.24, 2.45) is 0 Å². The van der Waals surface area contributed by atoms with Crippen molar-refractivity contribution in [3.8, 4) is 10.4 Å². The van der Waals surface area contributed by atoms with E-state index >= 15 is 0 Å². The van der Waals surface area contributed by atoms with Gasteiger partial charge in [-0.1, -0.05) is 29.3 Å². The van der Waals surface area contributed by atoms with Gasteiger partial charge in [-0.2, -0.15) is 0 Å². The summed E-state index contributed by atoms with van der Waals surface area (Å²) >= 11 is 13.3. The molecule has 0 atom stereocenters. The zero-order valence-electron chi connectivity index (χ0n) is 9.99. The van der Waals surface area contributed by atoms with Crippen molar-refractivity contribution in [2.45, 2.75) is 0 Å². The first-order valence-corrected chi connectivity index (χ1v) is 7.31. The zero-order valence-corrected chi connectivity index (χ0v) is 12.3. The monoisotopic (exact) mass is 324 g/mol. The van der Waals surface area contributed by atoms with Crippen LogP contribution in [0.3, 0.4) is 0 Å². The molecule has 0 amide bonds. The molecule has 0 fully saturated rings. The summed E-state index contributed by atoms with van der Waals surface area (Å²) in [6, 6.07) is 10.9. The van der Waals surface area contributed by atoms with E-state index in [0.717, 1.165) is 15.1 Å². The number of benzene rings is 2. The van der Waals surface area contributed by atoms with Crippen LogP contribution in [0.2, 0.25) is 10.0 Å². The molecular weight excluding hydrogens is 318 g/mol. The van der Waals surface area contributed by atoms with E-state index in [4.69, 9.17) is 23.2 Å². The Kier molecular flexibility index (Phi) is 3.50. The molecule has 0 saturated carbocycles. The van der Waals surface area contributed by atoms with Crippen molar-refractivity contribution in [1.29, 1.82) is 0 Å². The molecule has 3 aromatic rings. The van der Waals surface area contributed by atoms with Gasteiger partial charge in [0.15, 0.2) is 5.43 Å². The van der Waals surface area contributed by atoms with Gasteiger partial charge in [0.25, 0.3) is 0 Å². The highest BCUT2D eigenvalue weighted by molar-refractivity contribution is 7.21. The molecule has 20 heavy (non-hydrogen) atoms. The molecule has 0 bridgehead atoms. The predicted molar refractivity (Wildman–Crippen MR) is 83.5 cm³/mol. The Balaban J connectivity index is 2.24. The van der Waals surface area contributed by atoms with Crippen molar-refractivity contribution in [3.05, 3.63) is 68.6 Å². The summed E-state index contributed by atoms with van der Waals surface area (Å²) in [7, 11) is 0. The molecule has 100 valence electrons.